The molecule has 0 aromatic rings. The summed E-state index contributed by atoms with van der Waals surface area (Å²) in [5.74, 6) is 0. The molecule has 0 aliphatic heterocycles. The van der Waals surface area contributed by atoms with E-state index in [1.165, 1.54) is 0 Å². The highest BCUT2D eigenvalue weighted by Crippen LogP contribution is 2.03. The molecule has 0 unspecified atom stereocenters. The van der Waals surface area contributed by atoms with Crippen LogP contribution < -0.4 is 9.61 Å². The van der Waals surface area contributed by atoms with Crippen molar-refractivity contribution in [2.24, 2.45) is 0 Å². The molecule has 0 saturated heterocycles. The maximum Gasteiger partial charge on any atom is 0.299 e. The van der Waals surface area contributed by atoms with Crippen LogP contribution in [-0.4, -0.2) is 20.6 Å². The van der Waals surface area contributed by atoms with E-state index < -0.39 is 15.8 Å². The molecule has 5 nitrogen and oxygen atoms in total. The molecule has 0 amide bonds. The summed E-state index contributed by atoms with van der Waals surface area (Å²) in [5.41, 5.74) is -0.527. The minimum atomic E-state index is -3.50. The molecule has 0 rings (SSSR count). The van der Waals surface area contributed by atoms with Gasteiger partial charge in [0.05, 0.1) is 5.60 Å². The Balaban J connectivity index is 3.91. The molecule has 80 valence electrons. The lowest BCUT2D eigenvalue weighted by atomic mass is 10.2. The molecule has 0 atom stereocenters. The summed E-state index contributed by atoms with van der Waals surface area (Å²) in [4.78, 5) is 6.89. The standard InChI is InChI=1S/C7H18N2O3S/c1-5-6-8-13(10,11)9-12-7(2,3)4/h8-9H,5-6H2,1-4H3. The molecule has 0 aromatic carbocycles. The van der Waals surface area contributed by atoms with Crippen LogP contribution in [0.2, 0.25) is 0 Å². The highest BCUT2D eigenvalue weighted by atomic mass is 32.2. The molecule has 0 fully saturated rings. The van der Waals surface area contributed by atoms with Gasteiger partial charge in [0.15, 0.2) is 0 Å². The van der Waals surface area contributed by atoms with Crippen LogP contribution in [0.3, 0.4) is 0 Å². The van der Waals surface area contributed by atoms with E-state index in [-0.39, 0.29) is 0 Å². The van der Waals surface area contributed by atoms with E-state index in [2.05, 4.69) is 4.72 Å². The van der Waals surface area contributed by atoms with Gasteiger partial charge in [-0.25, -0.2) is 4.72 Å². The van der Waals surface area contributed by atoms with Crippen molar-refractivity contribution in [3.05, 3.63) is 0 Å². The molecule has 2 N–H and O–H groups in total. The average molecular weight is 210 g/mol. The molecule has 0 saturated carbocycles. The Morgan fingerprint density at radius 1 is 1.31 bits per heavy atom. The lowest BCUT2D eigenvalue weighted by Gasteiger charge is -2.19. The molecule has 0 aromatic heterocycles. The summed E-state index contributed by atoms with van der Waals surface area (Å²) in [6.45, 7) is 7.57. The van der Waals surface area contributed by atoms with E-state index in [0.717, 1.165) is 6.42 Å². The van der Waals surface area contributed by atoms with Gasteiger partial charge in [-0.2, -0.15) is 8.42 Å². The number of nitrogens with one attached hydrogen (secondary N) is 2. The van der Waals surface area contributed by atoms with Crippen molar-refractivity contribution in [1.82, 2.24) is 9.61 Å². The van der Waals surface area contributed by atoms with E-state index in [1.54, 1.807) is 20.8 Å². The summed E-state index contributed by atoms with van der Waals surface area (Å²) in [5, 5.41) is 0. The van der Waals surface area contributed by atoms with Gasteiger partial charge in [-0.1, -0.05) is 11.8 Å². The number of rotatable bonds is 5. The predicted molar refractivity (Wildman–Crippen MR) is 51.2 cm³/mol. The first-order valence-corrected chi connectivity index (χ1v) is 5.69. The maximum atomic E-state index is 11.1. The van der Waals surface area contributed by atoms with Crippen molar-refractivity contribution >= 4 is 10.2 Å². The van der Waals surface area contributed by atoms with Crippen LogP contribution in [0, 0.1) is 0 Å². The van der Waals surface area contributed by atoms with Crippen molar-refractivity contribution in [2.75, 3.05) is 6.54 Å². The zero-order chi connectivity index (χ0) is 10.5. The highest BCUT2D eigenvalue weighted by Gasteiger charge is 2.15. The van der Waals surface area contributed by atoms with Crippen LogP contribution in [0.5, 0.6) is 0 Å². The molecule has 13 heavy (non-hydrogen) atoms. The second-order valence-electron chi connectivity index (χ2n) is 3.70. The normalized spacial score (nSPS) is 13.2. The fourth-order valence-electron chi connectivity index (χ4n) is 0.446. The minimum absolute atomic E-state index is 0.406. The number of hydrogen-bond acceptors (Lipinski definition) is 3. The highest BCUT2D eigenvalue weighted by molar-refractivity contribution is 7.87. The van der Waals surface area contributed by atoms with Gasteiger partial charge in [0, 0.05) is 6.54 Å². The monoisotopic (exact) mass is 210 g/mol. The molecule has 0 radical (unpaired) electrons. The lowest BCUT2D eigenvalue weighted by Crippen LogP contribution is -2.41. The molecule has 0 aliphatic rings. The Morgan fingerprint density at radius 2 is 1.85 bits per heavy atom. The first-order valence-electron chi connectivity index (χ1n) is 4.21. The van der Waals surface area contributed by atoms with Crippen LogP contribution in [-0.2, 0) is 15.0 Å². The van der Waals surface area contributed by atoms with Gasteiger partial charge in [-0.05, 0) is 27.2 Å². The second-order valence-corrected chi connectivity index (χ2v) is 5.16. The van der Waals surface area contributed by atoms with Crippen molar-refractivity contribution < 1.29 is 13.3 Å². The van der Waals surface area contributed by atoms with Gasteiger partial charge in [-0.3, -0.25) is 4.84 Å². The van der Waals surface area contributed by atoms with Crippen molar-refractivity contribution in [3.8, 4) is 0 Å². The Labute approximate surface area is 80.0 Å². The topological polar surface area (TPSA) is 67.4 Å². The predicted octanol–water partition coefficient (Wildman–Crippen LogP) is 0.550. The van der Waals surface area contributed by atoms with Gasteiger partial charge < -0.3 is 0 Å². The zero-order valence-corrected chi connectivity index (χ0v) is 9.36. The maximum absolute atomic E-state index is 11.1. The average Bonchev–Trinajstić information content (AvgIpc) is 1.97. The summed E-state index contributed by atoms with van der Waals surface area (Å²) < 4.78 is 24.5. The first-order chi connectivity index (χ1) is 5.77. The minimum Gasteiger partial charge on any atom is -0.280 e. The molecule has 6 heteroatoms. The third-order valence-corrected chi connectivity index (χ3v) is 1.89. The van der Waals surface area contributed by atoms with E-state index in [0.29, 0.717) is 6.54 Å². The van der Waals surface area contributed by atoms with Gasteiger partial charge in [0.25, 0.3) is 10.2 Å². The fraction of sp³-hybridized carbons (Fsp3) is 1.00. The van der Waals surface area contributed by atoms with Crippen LogP contribution in [0.25, 0.3) is 0 Å². The Morgan fingerprint density at radius 3 is 2.23 bits per heavy atom. The van der Waals surface area contributed by atoms with Crippen LogP contribution >= 0.6 is 0 Å². The van der Waals surface area contributed by atoms with E-state index in [1.807, 2.05) is 11.8 Å². The molecule has 0 bridgehead atoms. The van der Waals surface area contributed by atoms with Gasteiger partial charge >= 0.3 is 0 Å². The van der Waals surface area contributed by atoms with Gasteiger partial charge in [-0.15, -0.1) is 0 Å². The van der Waals surface area contributed by atoms with Crippen molar-refractivity contribution in [3.63, 3.8) is 0 Å². The first kappa shape index (κ1) is 12.8. The van der Waals surface area contributed by atoms with E-state index in [9.17, 15) is 8.42 Å². The molecule has 0 heterocycles. The fourth-order valence-corrected chi connectivity index (χ4v) is 1.34. The third-order valence-electron chi connectivity index (χ3n) is 1.000. The van der Waals surface area contributed by atoms with Crippen molar-refractivity contribution in [1.29, 1.82) is 0 Å². The van der Waals surface area contributed by atoms with Crippen LogP contribution in [0.1, 0.15) is 34.1 Å². The van der Waals surface area contributed by atoms with E-state index in [4.69, 9.17) is 4.84 Å². The molecule has 0 aliphatic carbocycles. The summed E-state index contributed by atoms with van der Waals surface area (Å²) in [7, 11) is -3.50. The molecule has 0 spiro atoms. The smallest absolute Gasteiger partial charge is 0.280 e. The van der Waals surface area contributed by atoms with Crippen molar-refractivity contribution in [2.45, 2.75) is 39.7 Å². The quantitative estimate of drug-likeness (QED) is 0.651. The summed E-state index contributed by atoms with van der Waals surface area (Å²) in [6.07, 6.45) is 0.746. The Bertz CT molecular complexity index is 231. The van der Waals surface area contributed by atoms with Gasteiger partial charge in [0.2, 0.25) is 0 Å². The summed E-state index contributed by atoms with van der Waals surface area (Å²) >= 11 is 0. The largest absolute Gasteiger partial charge is 0.299 e. The second kappa shape index (κ2) is 4.90. The Hall–Kier alpha value is -0.170. The van der Waals surface area contributed by atoms with Crippen LogP contribution in [0.15, 0.2) is 0 Å². The number of hydrogen-bond donors (Lipinski definition) is 2. The Kier molecular flexibility index (Phi) is 4.83. The van der Waals surface area contributed by atoms with E-state index >= 15 is 0 Å². The zero-order valence-electron chi connectivity index (χ0n) is 8.55. The third kappa shape index (κ3) is 8.17. The molecular weight excluding hydrogens is 192 g/mol. The SMILES string of the molecule is CCCNS(=O)(=O)NOC(C)(C)C. The van der Waals surface area contributed by atoms with Crippen LogP contribution in [0.4, 0.5) is 0 Å². The lowest BCUT2D eigenvalue weighted by molar-refractivity contribution is -0.0362. The summed E-state index contributed by atoms with van der Waals surface area (Å²) in [6, 6.07) is 0. The molecular formula is C7H18N2O3S. The van der Waals surface area contributed by atoms with Gasteiger partial charge in [0.1, 0.15) is 0 Å².